The van der Waals surface area contributed by atoms with E-state index in [2.05, 4.69) is 21.7 Å². The minimum Gasteiger partial charge on any atom is -0.314 e. The number of halogens is 2. The van der Waals surface area contributed by atoms with E-state index in [1.807, 2.05) is 12.1 Å². The van der Waals surface area contributed by atoms with Crippen LogP contribution in [0.5, 0.6) is 0 Å². The molecule has 1 aromatic heterocycles. The lowest BCUT2D eigenvalue weighted by Gasteiger charge is -2.34. The van der Waals surface area contributed by atoms with Gasteiger partial charge in [0.25, 0.3) is 0 Å². The fourth-order valence-electron chi connectivity index (χ4n) is 2.68. The largest absolute Gasteiger partial charge is 0.314 e. The first-order chi connectivity index (χ1) is 9.74. The van der Waals surface area contributed by atoms with Crippen molar-refractivity contribution >= 4 is 22.9 Å². The number of hydrogen-bond donors (Lipinski definition) is 1. The number of benzene rings is 1. The zero-order valence-electron chi connectivity index (χ0n) is 11.0. The van der Waals surface area contributed by atoms with Crippen LogP contribution in [0.3, 0.4) is 0 Å². The Labute approximate surface area is 127 Å². The quantitative estimate of drug-likeness (QED) is 0.933. The molecule has 2 aromatic rings. The van der Waals surface area contributed by atoms with Gasteiger partial charge in [-0.25, -0.2) is 4.39 Å². The van der Waals surface area contributed by atoms with Crippen LogP contribution >= 0.6 is 22.9 Å². The highest BCUT2D eigenvalue weighted by atomic mass is 35.5. The van der Waals surface area contributed by atoms with Crippen molar-refractivity contribution in [2.24, 2.45) is 0 Å². The van der Waals surface area contributed by atoms with Crippen molar-refractivity contribution in [3.8, 4) is 0 Å². The molecular formula is C15H16ClFN2S. The van der Waals surface area contributed by atoms with Gasteiger partial charge in [-0.3, -0.25) is 4.90 Å². The van der Waals surface area contributed by atoms with Crippen LogP contribution < -0.4 is 5.32 Å². The monoisotopic (exact) mass is 310 g/mol. The molecule has 0 amide bonds. The van der Waals surface area contributed by atoms with Gasteiger partial charge in [0.05, 0.1) is 6.04 Å². The average molecular weight is 311 g/mol. The van der Waals surface area contributed by atoms with Crippen LogP contribution in [0.2, 0.25) is 5.02 Å². The van der Waals surface area contributed by atoms with Crippen molar-refractivity contribution in [3.05, 3.63) is 57.0 Å². The van der Waals surface area contributed by atoms with Gasteiger partial charge in [-0.2, -0.15) is 0 Å². The van der Waals surface area contributed by atoms with Gasteiger partial charge in [-0.15, -0.1) is 11.3 Å². The van der Waals surface area contributed by atoms with Crippen LogP contribution in [0.4, 0.5) is 4.39 Å². The first kappa shape index (κ1) is 14.0. The summed E-state index contributed by atoms with van der Waals surface area (Å²) in [6, 6.07) is 9.06. The van der Waals surface area contributed by atoms with Crippen LogP contribution in [0.1, 0.15) is 16.5 Å². The number of thiophene rings is 1. The first-order valence-corrected chi connectivity index (χ1v) is 7.94. The zero-order valence-corrected chi connectivity index (χ0v) is 12.6. The standard InChI is InChI=1S/C15H16ClFN2S/c16-12-8-11(9-13(17)10-12)15(14-2-1-7-20-14)19-5-3-18-4-6-19/h1-2,7-10,15,18H,3-6H2/t15-/m0/s1. The fourth-order valence-corrected chi connectivity index (χ4v) is 3.79. The molecule has 1 N–H and O–H groups in total. The lowest BCUT2D eigenvalue weighted by molar-refractivity contribution is 0.200. The van der Waals surface area contributed by atoms with Gasteiger partial charge in [0.2, 0.25) is 0 Å². The Bertz CT molecular complexity index is 547. The summed E-state index contributed by atoms with van der Waals surface area (Å²) in [4.78, 5) is 3.61. The van der Waals surface area contributed by atoms with Gasteiger partial charge in [0.1, 0.15) is 5.82 Å². The predicted molar refractivity (Wildman–Crippen MR) is 82.0 cm³/mol. The van der Waals surface area contributed by atoms with E-state index in [1.165, 1.54) is 10.9 Å². The third kappa shape index (κ3) is 3.04. The van der Waals surface area contributed by atoms with Crippen LogP contribution in [0, 0.1) is 5.82 Å². The molecule has 2 nitrogen and oxygen atoms in total. The molecular weight excluding hydrogens is 295 g/mol. The molecule has 0 spiro atoms. The molecule has 1 saturated heterocycles. The van der Waals surface area contributed by atoms with E-state index >= 15 is 0 Å². The summed E-state index contributed by atoms with van der Waals surface area (Å²) in [6.07, 6.45) is 0. The molecule has 0 radical (unpaired) electrons. The summed E-state index contributed by atoms with van der Waals surface area (Å²) in [7, 11) is 0. The van der Waals surface area contributed by atoms with Crippen LogP contribution in [0.15, 0.2) is 35.7 Å². The Balaban J connectivity index is 2.00. The third-order valence-electron chi connectivity index (χ3n) is 3.53. The van der Waals surface area contributed by atoms with Crippen LogP contribution in [-0.2, 0) is 0 Å². The predicted octanol–water partition coefficient (Wildman–Crippen LogP) is 3.54. The van der Waals surface area contributed by atoms with Gasteiger partial charge in [-0.05, 0) is 35.2 Å². The molecule has 5 heteroatoms. The lowest BCUT2D eigenvalue weighted by Crippen LogP contribution is -2.45. The summed E-state index contributed by atoms with van der Waals surface area (Å²) in [5.41, 5.74) is 0.930. The normalized spacial score (nSPS) is 18.1. The second-order valence-electron chi connectivity index (χ2n) is 4.91. The van der Waals surface area contributed by atoms with E-state index in [-0.39, 0.29) is 11.9 Å². The molecule has 20 heavy (non-hydrogen) atoms. The Morgan fingerprint density at radius 2 is 2.05 bits per heavy atom. The van der Waals surface area contributed by atoms with Crippen LogP contribution in [0.25, 0.3) is 0 Å². The molecule has 1 atom stereocenters. The summed E-state index contributed by atoms with van der Waals surface area (Å²) < 4.78 is 13.7. The topological polar surface area (TPSA) is 15.3 Å². The molecule has 1 aliphatic rings. The van der Waals surface area contributed by atoms with E-state index < -0.39 is 0 Å². The van der Waals surface area contributed by atoms with E-state index in [0.29, 0.717) is 5.02 Å². The van der Waals surface area contributed by atoms with Crippen molar-refractivity contribution in [1.82, 2.24) is 10.2 Å². The molecule has 0 bridgehead atoms. The molecule has 106 valence electrons. The maximum atomic E-state index is 13.7. The highest BCUT2D eigenvalue weighted by Crippen LogP contribution is 2.33. The number of hydrogen-bond acceptors (Lipinski definition) is 3. The SMILES string of the molecule is Fc1cc(Cl)cc([C@@H](c2cccs2)N2CCNCC2)c1. The van der Waals surface area contributed by atoms with Gasteiger partial charge in [0, 0.05) is 36.1 Å². The Kier molecular flexibility index (Phi) is 4.36. The van der Waals surface area contributed by atoms with Crippen molar-refractivity contribution < 1.29 is 4.39 Å². The third-order valence-corrected chi connectivity index (χ3v) is 4.67. The number of nitrogens with one attached hydrogen (secondary N) is 1. The molecule has 0 aliphatic carbocycles. The number of piperazine rings is 1. The van der Waals surface area contributed by atoms with E-state index in [9.17, 15) is 4.39 Å². The number of rotatable bonds is 3. The minimum absolute atomic E-state index is 0.0882. The van der Waals surface area contributed by atoms with Crippen molar-refractivity contribution in [2.45, 2.75) is 6.04 Å². The maximum absolute atomic E-state index is 13.7. The average Bonchev–Trinajstić information content (AvgIpc) is 2.93. The molecule has 1 fully saturated rings. The highest BCUT2D eigenvalue weighted by molar-refractivity contribution is 7.10. The van der Waals surface area contributed by atoms with Gasteiger partial charge >= 0.3 is 0 Å². The van der Waals surface area contributed by atoms with Crippen molar-refractivity contribution in [1.29, 1.82) is 0 Å². The van der Waals surface area contributed by atoms with E-state index in [1.54, 1.807) is 17.4 Å². The summed E-state index contributed by atoms with van der Waals surface area (Å²) >= 11 is 7.73. The highest BCUT2D eigenvalue weighted by Gasteiger charge is 2.25. The van der Waals surface area contributed by atoms with Gasteiger partial charge in [0.15, 0.2) is 0 Å². The molecule has 0 unspecified atom stereocenters. The lowest BCUT2D eigenvalue weighted by atomic mass is 10.0. The molecule has 1 aliphatic heterocycles. The summed E-state index contributed by atoms with van der Waals surface area (Å²) in [6.45, 7) is 3.84. The molecule has 1 aromatic carbocycles. The van der Waals surface area contributed by atoms with Gasteiger partial charge in [-0.1, -0.05) is 17.7 Å². The first-order valence-electron chi connectivity index (χ1n) is 6.68. The van der Waals surface area contributed by atoms with E-state index in [0.717, 1.165) is 31.7 Å². The molecule has 2 heterocycles. The number of nitrogens with zero attached hydrogens (tertiary/aromatic N) is 1. The van der Waals surface area contributed by atoms with Crippen molar-refractivity contribution in [2.75, 3.05) is 26.2 Å². The zero-order chi connectivity index (χ0) is 13.9. The van der Waals surface area contributed by atoms with Crippen LogP contribution in [-0.4, -0.2) is 31.1 Å². The molecule has 3 rings (SSSR count). The summed E-state index contributed by atoms with van der Waals surface area (Å²) in [5.74, 6) is -0.274. The smallest absolute Gasteiger partial charge is 0.125 e. The summed E-state index contributed by atoms with van der Waals surface area (Å²) in [5, 5.41) is 5.87. The second kappa shape index (κ2) is 6.22. The fraction of sp³-hybridized carbons (Fsp3) is 0.333. The second-order valence-corrected chi connectivity index (χ2v) is 6.32. The Morgan fingerprint density at radius 1 is 1.25 bits per heavy atom. The molecule has 0 saturated carbocycles. The Hall–Kier alpha value is -0.940. The maximum Gasteiger partial charge on any atom is 0.125 e. The van der Waals surface area contributed by atoms with Crippen molar-refractivity contribution in [3.63, 3.8) is 0 Å². The Morgan fingerprint density at radius 3 is 2.70 bits per heavy atom. The van der Waals surface area contributed by atoms with Gasteiger partial charge < -0.3 is 5.32 Å². The minimum atomic E-state index is -0.274. The van der Waals surface area contributed by atoms with E-state index in [4.69, 9.17) is 11.6 Å².